The Morgan fingerprint density at radius 1 is 1.50 bits per heavy atom. The molecule has 0 spiro atoms. The van der Waals surface area contributed by atoms with Crippen LogP contribution in [0.1, 0.15) is 38.9 Å². The third-order valence-electron chi connectivity index (χ3n) is 3.34. The first-order valence-electron chi connectivity index (χ1n) is 6.26. The number of hydrogen-bond acceptors (Lipinski definition) is 4. The molecule has 98 valence electrons. The van der Waals surface area contributed by atoms with E-state index in [4.69, 9.17) is 5.26 Å². The topological polar surface area (TPSA) is 44.9 Å². The summed E-state index contributed by atoms with van der Waals surface area (Å²) >= 11 is 1.15. The van der Waals surface area contributed by atoms with Crippen LogP contribution < -0.4 is 0 Å². The van der Waals surface area contributed by atoms with E-state index in [1.165, 1.54) is 5.69 Å². The van der Waals surface area contributed by atoms with Crippen molar-refractivity contribution in [2.45, 2.75) is 43.7 Å². The molecule has 2 heterocycles. The second kappa shape index (κ2) is 4.94. The molecular weight excluding hydrogens is 244 g/mol. The van der Waals surface area contributed by atoms with Crippen LogP contribution in [0.2, 0.25) is 0 Å². The molecule has 0 amide bonds. The van der Waals surface area contributed by atoms with Crippen LogP contribution in [0.3, 0.4) is 0 Å². The number of thioether (sulfide) groups is 1. The predicted molar refractivity (Wildman–Crippen MR) is 73.5 cm³/mol. The molecule has 0 N–H and O–H groups in total. The van der Waals surface area contributed by atoms with Gasteiger partial charge in [0.25, 0.3) is 0 Å². The summed E-state index contributed by atoms with van der Waals surface area (Å²) in [7, 11) is 2.14. The highest BCUT2D eigenvalue weighted by molar-refractivity contribution is 8.03. The van der Waals surface area contributed by atoms with Gasteiger partial charge in [0.1, 0.15) is 10.4 Å². The zero-order valence-electron chi connectivity index (χ0n) is 11.5. The van der Waals surface area contributed by atoms with Crippen molar-refractivity contribution in [2.75, 3.05) is 20.1 Å². The van der Waals surface area contributed by atoms with E-state index in [1.807, 2.05) is 0 Å². The minimum absolute atomic E-state index is 0.0580. The van der Waals surface area contributed by atoms with Crippen molar-refractivity contribution in [1.82, 2.24) is 14.7 Å². The average Bonchev–Trinajstić information content (AvgIpc) is 2.83. The quantitative estimate of drug-likeness (QED) is 0.608. The maximum atomic E-state index is 8.79. The Labute approximate surface area is 113 Å². The number of likely N-dealkylation sites (tertiary alicyclic amines) is 1. The highest BCUT2D eigenvalue weighted by Crippen LogP contribution is 2.31. The Bertz CT molecular complexity index is 466. The van der Waals surface area contributed by atoms with E-state index in [9.17, 15) is 0 Å². The normalized spacial score (nSPS) is 21.2. The Morgan fingerprint density at radius 2 is 2.22 bits per heavy atom. The Kier molecular flexibility index (Phi) is 3.69. The van der Waals surface area contributed by atoms with Crippen molar-refractivity contribution in [1.29, 1.82) is 5.26 Å². The van der Waals surface area contributed by atoms with Crippen molar-refractivity contribution in [2.24, 2.45) is 0 Å². The number of hydrogen-bond donors (Lipinski definition) is 0. The van der Waals surface area contributed by atoms with Gasteiger partial charge in [-0.3, -0.25) is 4.68 Å². The van der Waals surface area contributed by atoms with Gasteiger partial charge in [0.2, 0.25) is 0 Å². The molecule has 1 aliphatic rings. The van der Waals surface area contributed by atoms with Crippen LogP contribution in [0, 0.1) is 10.7 Å². The molecule has 18 heavy (non-hydrogen) atoms. The van der Waals surface area contributed by atoms with Crippen LogP contribution in [-0.2, 0) is 5.41 Å². The standard InChI is InChI=1S/C13H20N4S/c1-13(2,3)11-7-12(18-9-14)15-17(11)10-5-6-16(4)8-10/h7,10H,5-6,8H2,1-4H3/t10-/m0/s1. The second-order valence-electron chi connectivity index (χ2n) is 5.96. The van der Waals surface area contributed by atoms with Crippen LogP contribution in [0.4, 0.5) is 0 Å². The highest BCUT2D eigenvalue weighted by Gasteiger charge is 2.28. The molecule has 1 saturated heterocycles. The molecule has 0 unspecified atom stereocenters. The molecule has 4 nitrogen and oxygen atoms in total. The largest absolute Gasteiger partial charge is 0.304 e. The summed E-state index contributed by atoms with van der Waals surface area (Å²) < 4.78 is 2.14. The first-order valence-corrected chi connectivity index (χ1v) is 7.08. The third-order valence-corrected chi connectivity index (χ3v) is 3.84. The van der Waals surface area contributed by atoms with E-state index < -0.39 is 0 Å². The van der Waals surface area contributed by atoms with Crippen LogP contribution in [0.25, 0.3) is 0 Å². The van der Waals surface area contributed by atoms with Gasteiger partial charge in [-0.05, 0) is 26.1 Å². The molecule has 0 aliphatic carbocycles. The minimum atomic E-state index is 0.0580. The van der Waals surface area contributed by atoms with Crippen molar-refractivity contribution < 1.29 is 0 Å². The summed E-state index contributed by atoms with van der Waals surface area (Å²) in [4.78, 5) is 2.33. The summed E-state index contributed by atoms with van der Waals surface area (Å²) in [5.41, 5.74) is 1.28. The summed E-state index contributed by atoms with van der Waals surface area (Å²) in [6.07, 6.45) is 1.14. The lowest BCUT2D eigenvalue weighted by Crippen LogP contribution is -2.24. The van der Waals surface area contributed by atoms with Gasteiger partial charge in [-0.2, -0.15) is 10.4 Å². The van der Waals surface area contributed by atoms with Gasteiger partial charge in [0.15, 0.2) is 0 Å². The highest BCUT2D eigenvalue weighted by atomic mass is 32.2. The average molecular weight is 264 g/mol. The lowest BCUT2D eigenvalue weighted by atomic mass is 9.92. The number of nitriles is 1. The van der Waals surface area contributed by atoms with Crippen molar-refractivity contribution >= 4 is 11.8 Å². The molecule has 0 aromatic carbocycles. The van der Waals surface area contributed by atoms with Crippen molar-refractivity contribution in [3.05, 3.63) is 11.8 Å². The number of nitrogens with zero attached hydrogens (tertiary/aromatic N) is 4. The third kappa shape index (κ3) is 2.70. The van der Waals surface area contributed by atoms with Gasteiger partial charge in [-0.15, -0.1) is 0 Å². The molecule has 1 atom stereocenters. The van der Waals surface area contributed by atoms with Crippen LogP contribution in [0.5, 0.6) is 0 Å². The summed E-state index contributed by atoms with van der Waals surface area (Å²) in [6.45, 7) is 8.75. The zero-order valence-corrected chi connectivity index (χ0v) is 12.3. The molecular formula is C13H20N4S. The van der Waals surface area contributed by atoms with E-state index in [-0.39, 0.29) is 5.41 Å². The first kappa shape index (κ1) is 13.4. The lowest BCUT2D eigenvalue weighted by Gasteiger charge is -2.23. The molecule has 1 aromatic rings. The molecule has 0 bridgehead atoms. The molecule has 1 fully saturated rings. The molecule has 5 heteroatoms. The molecule has 1 aliphatic heterocycles. The molecule has 0 saturated carbocycles. The van der Waals surface area contributed by atoms with E-state index in [0.717, 1.165) is 36.3 Å². The van der Waals surface area contributed by atoms with Gasteiger partial charge in [0.05, 0.1) is 6.04 Å². The van der Waals surface area contributed by atoms with Crippen LogP contribution in [0.15, 0.2) is 11.1 Å². The summed E-state index contributed by atoms with van der Waals surface area (Å²) in [5, 5.41) is 16.3. The van der Waals surface area contributed by atoms with E-state index in [0.29, 0.717) is 6.04 Å². The Morgan fingerprint density at radius 3 is 2.72 bits per heavy atom. The minimum Gasteiger partial charge on any atom is -0.304 e. The molecule has 1 aromatic heterocycles. The van der Waals surface area contributed by atoms with Gasteiger partial charge < -0.3 is 4.90 Å². The number of likely N-dealkylation sites (N-methyl/N-ethyl adjacent to an activating group) is 1. The fraction of sp³-hybridized carbons (Fsp3) is 0.692. The van der Waals surface area contributed by atoms with Gasteiger partial charge in [-0.25, -0.2) is 0 Å². The van der Waals surface area contributed by atoms with E-state index in [2.05, 4.69) is 54.0 Å². The van der Waals surface area contributed by atoms with E-state index in [1.54, 1.807) is 0 Å². The second-order valence-corrected chi connectivity index (χ2v) is 6.77. The van der Waals surface area contributed by atoms with Gasteiger partial charge in [-0.1, -0.05) is 20.8 Å². The number of aromatic nitrogens is 2. The zero-order chi connectivity index (χ0) is 13.3. The van der Waals surface area contributed by atoms with Crippen molar-refractivity contribution in [3.63, 3.8) is 0 Å². The predicted octanol–water partition coefficient (Wildman–Crippen LogP) is 2.63. The summed E-state index contributed by atoms with van der Waals surface area (Å²) in [5.74, 6) is 0. The number of thiocyanates is 1. The fourth-order valence-corrected chi connectivity index (χ4v) is 2.81. The Hall–Kier alpha value is -0.990. The lowest BCUT2D eigenvalue weighted by molar-refractivity contribution is 0.364. The van der Waals surface area contributed by atoms with Gasteiger partial charge in [0, 0.05) is 29.4 Å². The smallest absolute Gasteiger partial charge is 0.140 e. The van der Waals surface area contributed by atoms with Crippen LogP contribution >= 0.6 is 11.8 Å². The summed E-state index contributed by atoms with van der Waals surface area (Å²) in [6, 6.07) is 2.50. The maximum absolute atomic E-state index is 8.79. The first-order chi connectivity index (χ1) is 8.41. The Balaban J connectivity index is 2.35. The maximum Gasteiger partial charge on any atom is 0.140 e. The fourth-order valence-electron chi connectivity index (χ4n) is 2.42. The van der Waals surface area contributed by atoms with Crippen LogP contribution in [-0.4, -0.2) is 34.8 Å². The SMILES string of the molecule is CN1CC[C@H](n2nc(SC#N)cc2C(C)(C)C)C1. The molecule has 2 rings (SSSR count). The van der Waals surface area contributed by atoms with Crippen molar-refractivity contribution in [3.8, 4) is 5.40 Å². The molecule has 0 radical (unpaired) electrons. The van der Waals surface area contributed by atoms with E-state index >= 15 is 0 Å². The monoisotopic (exact) mass is 264 g/mol. The van der Waals surface area contributed by atoms with Gasteiger partial charge >= 0.3 is 0 Å². The number of rotatable bonds is 2.